The number of pyridine rings is 1. The molecule has 0 N–H and O–H groups in total. The van der Waals surface area contributed by atoms with Gasteiger partial charge in [0.1, 0.15) is 5.69 Å². The zero-order valence-electron chi connectivity index (χ0n) is 17.0. The van der Waals surface area contributed by atoms with Crippen LogP contribution in [0.1, 0.15) is 19.8 Å². The Balaban J connectivity index is 1.33. The van der Waals surface area contributed by atoms with Crippen LogP contribution in [0.4, 0.5) is 5.95 Å². The third-order valence-electron chi connectivity index (χ3n) is 6.02. The van der Waals surface area contributed by atoms with Gasteiger partial charge < -0.3 is 9.64 Å². The van der Waals surface area contributed by atoms with E-state index in [-0.39, 0.29) is 0 Å². The Morgan fingerprint density at radius 2 is 1.90 bits per heavy atom. The predicted molar refractivity (Wildman–Crippen MR) is 114 cm³/mol. The summed E-state index contributed by atoms with van der Waals surface area (Å²) in [6.45, 7) is 8.97. The quantitative estimate of drug-likeness (QED) is 0.665. The number of ether oxygens (including phenoxy) is 1. The van der Waals surface area contributed by atoms with E-state index in [2.05, 4.69) is 43.6 Å². The first-order chi connectivity index (χ1) is 14.3. The molecule has 0 radical (unpaired) electrons. The summed E-state index contributed by atoms with van der Waals surface area (Å²) in [6.07, 6.45) is 2.83. The summed E-state index contributed by atoms with van der Waals surface area (Å²) in [4.78, 5) is 9.69. The lowest BCUT2D eigenvalue weighted by Gasteiger charge is -2.36. The van der Waals surface area contributed by atoms with Gasteiger partial charge in [-0.1, -0.05) is 24.3 Å². The minimum absolute atomic E-state index is 0.423. The maximum atomic E-state index is 5.80. The van der Waals surface area contributed by atoms with Crippen LogP contribution in [0.2, 0.25) is 0 Å². The number of nitrogens with zero attached hydrogens (tertiary/aromatic N) is 6. The number of para-hydroxylation sites is 1. The highest BCUT2D eigenvalue weighted by atomic mass is 16.5. The van der Waals surface area contributed by atoms with Gasteiger partial charge in [0.05, 0.1) is 11.6 Å². The molecule has 3 aromatic rings. The number of rotatable bonds is 5. The molecule has 7 nitrogen and oxygen atoms in total. The monoisotopic (exact) mass is 392 g/mol. The average molecular weight is 393 g/mol. The van der Waals surface area contributed by atoms with Crippen LogP contribution in [0, 0.1) is 0 Å². The first-order valence-corrected chi connectivity index (χ1v) is 10.7. The van der Waals surface area contributed by atoms with Crippen LogP contribution in [-0.4, -0.2) is 70.1 Å². The van der Waals surface area contributed by atoms with Gasteiger partial charge in [-0.25, -0.2) is 4.98 Å². The van der Waals surface area contributed by atoms with Gasteiger partial charge in [0.15, 0.2) is 5.82 Å². The molecule has 1 unspecified atom stereocenters. The molecular weight excluding hydrogens is 364 g/mol. The number of fused-ring (bicyclic) bond motifs is 1. The topological polar surface area (TPSA) is 59.3 Å². The summed E-state index contributed by atoms with van der Waals surface area (Å²) in [7, 11) is 0. The van der Waals surface area contributed by atoms with E-state index >= 15 is 0 Å². The number of aromatic nitrogens is 4. The SMILES string of the molecule is CCn1c(-c2ccc3ccccc3n2)nnc1N1CCN(CC2CCCO2)CC1. The van der Waals surface area contributed by atoms with Crippen molar-refractivity contribution < 1.29 is 4.74 Å². The lowest BCUT2D eigenvalue weighted by molar-refractivity contribution is 0.0711. The minimum atomic E-state index is 0.423. The number of hydrogen-bond acceptors (Lipinski definition) is 6. The molecule has 1 atom stereocenters. The van der Waals surface area contributed by atoms with Crippen molar-refractivity contribution in [3.8, 4) is 11.5 Å². The second kappa shape index (κ2) is 8.08. The van der Waals surface area contributed by atoms with Gasteiger partial charge in [-0.2, -0.15) is 0 Å². The van der Waals surface area contributed by atoms with E-state index in [1.807, 2.05) is 24.3 Å². The number of piperazine rings is 1. The van der Waals surface area contributed by atoms with Crippen LogP contribution >= 0.6 is 0 Å². The Labute approximate surface area is 171 Å². The van der Waals surface area contributed by atoms with E-state index in [0.717, 1.165) is 74.2 Å². The van der Waals surface area contributed by atoms with Crippen LogP contribution < -0.4 is 4.90 Å². The van der Waals surface area contributed by atoms with Crippen molar-refractivity contribution in [3.63, 3.8) is 0 Å². The molecule has 5 rings (SSSR count). The average Bonchev–Trinajstić information content (AvgIpc) is 3.43. The smallest absolute Gasteiger partial charge is 0.227 e. The number of hydrogen-bond donors (Lipinski definition) is 0. The van der Waals surface area contributed by atoms with Gasteiger partial charge >= 0.3 is 0 Å². The highest BCUT2D eigenvalue weighted by Crippen LogP contribution is 2.24. The molecule has 2 aliphatic rings. The highest BCUT2D eigenvalue weighted by Gasteiger charge is 2.26. The normalized spacial score (nSPS) is 20.6. The summed E-state index contributed by atoms with van der Waals surface area (Å²) in [5.74, 6) is 1.80. The third kappa shape index (κ3) is 3.72. The largest absolute Gasteiger partial charge is 0.377 e. The molecule has 29 heavy (non-hydrogen) atoms. The fourth-order valence-corrected chi connectivity index (χ4v) is 4.41. The lowest BCUT2D eigenvalue weighted by atomic mass is 10.2. The molecule has 2 aromatic heterocycles. The van der Waals surface area contributed by atoms with E-state index in [1.165, 1.54) is 12.8 Å². The summed E-state index contributed by atoms with van der Waals surface area (Å²) in [6, 6.07) is 12.3. The molecule has 0 spiro atoms. The standard InChI is InChI=1S/C22H28N6O/c1-2-28-21(20-10-9-17-6-3-4-8-19(17)23-20)24-25-22(28)27-13-11-26(12-14-27)16-18-7-5-15-29-18/h3-4,6,8-10,18H,2,5,7,11-16H2,1H3. The van der Waals surface area contributed by atoms with Gasteiger partial charge in [-0.3, -0.25) is 9.47 Å². The molecule has 152 valence electrons. The predicted octanol–water partition coefficient (Wildman–Crippen LogP) is 2.81. The molecule has 0 amide bonds. The fourth-order valence-electron chi connectivity index (χ4n) is 4.41. The fraction of sp³-hybridized carbons (Fsp3) is 0.500. The first kappa shape index (κ1) is 18.5. The summed E-state index contributed by atoms with van der Waals surface area (Å²) >= 11 is 0. The maximum absolute atomic E-state index is 5.80. The van der Waals surface area contributed by atoms with Gasteiger partial charge in [0.25, 0.3) is 0 Å². The summed E-state index contributed by atoms with van der Waals surface area (Å²) in [5.41, 5.74) is 1.86. The summed E-state index contributed by atoms with van der Waals surface area (Å²) in [5, 5.41) is 10.2. The van der Waals surface area contributed by atoms with E-state index < -0.39 is 0 Å². The van der Waals surface area contributed by atoms with Crippen molar-refractivity contribution in [2.75, 3.05) is 44.2 Å². The Kier molecular flexibility index (Phi) is 5.16. The Morgan fingerprint density at radius 1 is 1.03 bits per heavy atom. The van der Waals surface area contributed by atoms with Gasteiger partial charge in [0, 0.05) is 51.3 Å². The number of anilines is 1. The lowest BCUT2D eigenvalue weighted by Crippen LogP contribution is -2.49. The van der Waals surface area contributed by atoms with E-state index in [0.29, 0.717) is 6.10 Å². The molecule has 1 aromatic carbocycles. The van der Waals surface area contributed by atoms with Gasteiger partial charge in [-0.15, -0.1) is 10.2 Å². The van der Waals surface area contributed by atoms with Crippen molar-refractivity contribution in [3.05, 3.63) is 36.4 Å². The second-order valence-corrected chi connectivity index (χ2v) is 7.88. The van der Waals surface area contributed by atoms with Crippen molar-refractivity contribution in [1.82, 2.24) is 24.6 Å². The first-order valence-electron chi connectivity index (χ1n) is 10.7. The third-order valence-corrected chi connectivity index (χ3v) is 6.02. The second-order valence-electron chi connectivity index (χ2n) is 7.88. The molecule has 4 heterocycles. The van der Waals surface area contributed by atoms with Crippen LogP contribution in [-0.2, 0) is 11.3 Å². The molecular formula is C22H28N6O. The van der Waals surface area contributed by atoms with Crippen molar-refractivity contribution in [2.24, 2.45) is 0 Å². The molecule has 0 aliphatic carbocycles. The van der Waals surface area contributed by atoms with Crippen LogP contribution in [0.15, 0.2) is 36.4 Å². The number of benzene rings is 1. The maximum Gasteiger partial charge on any atom is 0.227 e. The van der Waals surface area contributed by atoms with Gasteiger partial charge in [-0.05, 0) is 31.9 Å². The molecule has 2 aliphatic heterocycles. The van der Waals surface area contributed by atoms with E-state index in [9.17, 15) is 0 Å². The summed E-state index contributed by atoms with van der Waals surface area (Å²) < 4.78 is 7.99. The zero-order chi connectivity index (χ0) is 19.6. The van der Waals surface area contributed by atoms with Crippen LogP contribution in [0.3, 0.4) is 0 Å². The van der Waals surface area contributed by atoms with Crippen LogP contribution in [0.5, 0.6) is 0 Å². The Morgan fingerprint density at radius 3 is 2.69 bits per heavy atom. The molecule has 0 bridgehead atoms. The van der Waals surface area contributed by atoms with E-state index in [1.54, 1.807) is 0 Å². The van der Waals surface area contributed by atoms with Crippen LogP contribution in [0.25, 0.3) is 22.4 Å². The Bertz CT molecular complexity index is 972. The van der Waals surface area contributed by atoms with Crippen molar-refractivity contribution in [1.29, 1.82) is 0 Å². The van der Waals surface area contributed by atoms with E-state index in [4.69, 9.17) is 9.72 Å². The zero-order valence-corrected chi connectivity index (χ0v) is 17.0. The molecule has 0 saturated carbocycles. The van der Waals surface area contributed by atoms with Gasteiger partial charge in [0.2, 0.25) is 5.95 Å². The van der Waals surface area contributed by atoms with Crippen molar-refractivity contribution in [2.45, 2.75) is 32.4 Å². The molecule has 2 fully saturated rings. The van der Waals surface area contributed by atoms with Crippen molar-refractivity contribution >= 4 is 16.9 Å². The minimum Gasteiger partial charge on any atom is -0.377 e. The molecule has 2 saturated heterocycles. The Hall–Kier alpha value is -2.51. The highest BCUT2D eigenvalue weighted by molar-refractivity contribution is 5.80. The molecule has 7 heteroatoms.